The Kier molecular flexibility index (Phi) is 4.22. The molecule has 0 aliphatic rings. The number of carboxylic acid groups (broad SMARTS) is 1. The summed E-state index contributed by atoms with van der Waals surface area (Å²) in [6.45, 7) is 2.66. The molecule has 2 rings (SSSR count). The van der Waals surface area contributed by atoms with Gasteiger partial charge in [-0.2, -0.15) is 0 Å². The largest absolute Gasteiger partial charge is 0.481 e. The van der Waals surface area contributed by atoms with Gasteiger partial charge in [0, 0.05) is 24.0 Å². The highest BCUT2D eigenvalue weighted by Crippen LogP contribution is 2.22. The van der Waals surface area contributed by atoms with E-state index in [1.807, 2.05) is 23.6 Å². The summed E-state index contributed by atoms with van der Waals surface area (Å²) in [5.41, 5.74) is 0.894. The van der Waals surface area contributed by atoms with Crippen molar-refractivity contribution < 1.29 is 9.90 Å². The van der Waals surface area contributed by atoms with E-state index in [0.29, 0.717) is 23.8 Å². The van der Waals surface area contributed by atoms with Gasteiger partial charge in [0.1, 0.15) is 11.7 Å². The van der Waals surface area contributed by atoms with Gasteiger partial charge in [0.25, 0.3) is 0 Å². The molecule has 0 aliphatic heterocycles. The number of carboxylic acids is 1. The summed E-state index contributed by atoms with van der Waals surface area (Å²) in [6, 6.07) is 7.26. The van der Waals surface area contributed by atoms with Crippen LogP contribution in [0, 0.1) is 0 Å². The van der Waals surface area contributed by atoms with Crippen LogP contribution in [0.3, 0.4) is 0 Å². The van der Waals surface area contributed by atoms with Crippen LogP contribution in [0.25, 0.3) is 0 Å². The summed E-state index contributed by atoms with van der Waals surface area (Å²) >= 11 is 5.92. The Bertz CT molecular complexity index is 580. The maximum absolute atomic E-state index is 11.5. The molecule has 0 saturated heterocycles. The van der Waals surface area contributed by atoms with Crippen molar-refractivity contribution in [3.05, 3.63) is 53.1 Å². The van der Waals surface area contributed by atoms with E-state index in [-0.39, 0.29) is 0 Å². The van der Waals surface area contributed by atoms with Crippen LogP contribution in [-0.4, -0.2) is 20.6 Å². The van der Waals surface area contributed by atoms with Crippen molar-refractivity contribution >= 4 is 17.6 Å². The second-order valence-corrected chi connectivity index (χ2v) is 4.73. The predicted octanol–water partition coefficient (Wildman–Crippen LogP) is 2.97. The first-order valence-electron chi connectivity index (χ1n) is 6.10. The third-order valence-electron chi connectivity index (χ3n) is 3.03. The number of hydrogen-bond donors (Lipinski definition) is 1. The zero-order chi connectivity index (χ0) is 13.8. The number of halogens is 1. The molecule has 0 saturated carbocycles. The van der Waals surface area contributed by atoms with Gasteiger partial charge < -0.3 is 9.67 Å². The number of hydrogen-bond acceptors (Lipinski definition) is 2. The molecule has 1 atom stereocenters. The van der Waals surface area contributed by atoms with Crippen molar-refractivity contribution in [2.24, 2.45) is 0 Å². The molecule has 1 aromatic carbocycles. The normalized spacial score (nSPS) is 12.3. The number of aromatic nitrogens is 2. The lowest BCUT2D eigenvalue weighted by molar-refractivity contribution is -0.139. The average Bonchev–Trinajstić information content (AvgIpc) is 2.83. The quantitative estimate of drug-likeness (QED) is 0.915. The van der Waals surface area contributed by atoms with Crippen molar-refractivity contribution in [3.8, 4) is 0 Å². The van der Waals surface area contributed by atoms with Gasteiger partial charge in [-0.05, 0) is 31.0 Å². The highest BCUT2D eigenvalue weighted by Gasteiger charge is 2.24. The van der Waals surface area contributed by atoms with Gasteiger partial charge in [-0.25, -0.2) is 4.98 Å². The maximum atomic E-state index is 11.5. The minimum atomic E-state index is -0.874. The molecule has 1 N–H and O–H groups in total. The smallest absolute Gasteiger partial charge is 0.314 e. The fourth-order valence-electron chi connectivity index (χ4n) is 2.09. The molecule has 0 bridgehead atoms. The number of carbonyl (C=O) groups is 1. The van der Waals surface area contributed by atoms with Crippen LogP contribution in [0.5, 0.6) is 0 Å². The summed E-state index contributed by atoms with van der Waals surface area (Å²) in [5, 5.41) is 10.0. The van der Waals surface area contributed by atoms with Crippen LogP contribution in [0.15, 0.2) is 36.7 Å². The van der Waals surface area contributed by atoms with E-state index in [1.165, 1.54) is 0 Å². The van der Waals surface area contributed by atoms with E-state index in [1.54, 1.807) is 24.5 Å². The number of imidazole rings is 1. The van der Waals surface area contributed by atoms with Gasteiger partial charge in [-0.1, -0.05) is 23.7 Å². The Morgan fingerprint density at radius 2 is 2.32 bits per heavy atom. The van der Waals surface area contributed by atoms with Crippen molar-refractivity contribution in [2.75, 3.05) is 0 Å². The lowest BCUT2D eigenvalue weighted by atomic mass is 9.98. The maximum Gasteiger partial charge on any atom is 0.314 e. The number of aryl methyl sites for hydroxylation is 1. The Morgan fingerprint density at radius 3 is 2.95 bits per heavy atom. The lowest BCUT2D eigenvalue weighted by Gasteiger charge is -2.14. The minimum Gasteiger partial charge on any atom is -0.481 e. The highest BCUT2D eigenvalue weighted by molar-refractivity contribution is 6.30. The highest BCUT2D eigenvalue weighted by atomic mass is 35.5. The van der Waals surface area contributed by atoms with Gasteiger partial charge in [0.2, 0.25) is 0 Å². The molecule has 19 heavy (non-hydrogen) atoms. The Labute approximate surface area is 116 Å². The Hall–Kier alpha value is -1.81. The van der Waals surface area contributed by atoms with Crippen LogP contribution in [-0.2, 0) is 17.8 Å². The average molecular weight is 279 g/mol. The second kappa shape index (κ2) is 5.89. The van der Waals surface area contributed by atoms with Gasteiger partial charge >= 0.3 is 5.97 Å². The third kappa shape index (κ3) is 3.15. The monoisotopic (exact) mass is 278 g/mol. The van der Waals surface area contributed by atoms with Crippen molar-refractivity contribution in [3.63, 3.8) is 0 Å². The Morgan fingerprint density at radius 1 is 1.53 bits per heavy atom. The molecule has 1 aromatic heterocycles. The minimum absolute atomic E-state index is 0.382. The first kappa shape index (κ1) is 13.6. The van der Waals surface area contributed by atoms with E-state index in [4.69, 9.17) is 11.6 Å². The molecule has 0 spiro atoms. The molecular formula is C14H15ClN2O2. The fraction of sp³-hybridized carbons (Fsp3) is 0.286. The molecule has 0 radical (unpaired) electrons. The predicted molar refractivity (Wildman–Crippen MR) is 73.4 cm³/mol. The van der Waals surface area contributed by atoms with Crippen molar-refractivity contribution in [2.45, 2.75) is 25.8 Å². The molecule has 5 heteroatoms. The lowest BCUT2D eigenvalue weighted by Crippen LogP contribution is -2.19. The SMILES string of the molecule is CCn1ccnc1C(Cc1cccc(Cl)c1)C(=O)O. The summed E-state index contributed by atoms with van der Waals surface area (Å²) in [6.07, 6.45) is 3.81. The molecule has 0 fully saturated rings. The van der Waals surface area contributed by atoms with Gasteiger partial charge in [-0.15, -0.1) is 0 Å². The first-order chi connectivity index (χ1) is 9.11. The second-order valence-electron chi connectivity index (χ2n) is 4.30. The van der Waals surface area contributed by atoms with E-state index < -0.39 is 11.9 Å². The molecular weight excluding hydrogens is 264 g/mol. The number of nitrogens with zero attached hydrogens (tertiary/aromatic N) is 2. The number of benzene rings is 1. The van der Waals surface area contributed by atoms with Gasteiger partial charge in [0.05, 0.1) is 0 Å². The molecule has 2 aromatic rings. The standard InChI is InChI=1S/C14H15ClN2O2/c1-2-17-7-6-16-13(17)12(14(18)19)9-10-4-3-5-11(15)8-10/h3-8,12H,2,9H2,1H3,(H,18,19). The zero-order valence-corrected chi connectivity index (χ0v) is 11.3. The zero-order valence-electron chi connectivity index (χ0n) is 10.6. The van der Waals surface area contributed by atoms with Crippen LogP contribution in [0.4, 0.5) is 0 Å². The number of rotatable bonds is 5. The number of aliphatic carboxylic acids is 1. The van der Waals surface area contributed by atoms with Gasteiger partial charge in [-0.3, -0.25) is 4.79 Å². The summed E-state index contributed by atoms with van der Waals surface area (Å²) in [7, 11) is 0. The summed E-state index contributed by atoms with van der Waals surface area (Å²) in [4.78, 5) is 15.6. The third-order valence-corrected chi connectivity index (χ3v) is 3.26. The molecule has 4 nitrogen and oxygen atoms in total. The van der Waals surface area contributed by atoms with Crippen molar-refractivity contribution in [1.82, 2.24) is 9.55 Å². The van der Waals surface area contributed by atoms with Crippen LogP contribution in [0.1, 0.15) is 24.2 Å². The fourth-order valence-corrected chi connectivity index (χ4v) is 2.30. The molecule has 100 valence electrons. The molecule has 1 heterocycles. The van der Waals surface area contributed by atoms with E-state index in [2.05, 4.69) is 4.98 Å². The van der Waals surface area contributed by atoms with E-state index >= 15 is 0 Å². The summed E-state index contributed by atoms with van der Waals surface area (Å²) < 4.78 is 1.85. The van der Waals surface area contributed by atoms with Crippen molar-refractivity contribution in [1.29, 1.82) is 0 Å². The van der Waals surface area contributed by atoms with E-state index in [9.17, 15) is 9.90 Å². The topological polar surface area (TPSA) is 55.1 Å². The van der Waals surface area contributed by atoms with Crippen LogP contribution in [0.2, 0.25) is 5.02 Å². The van der Waals surface area contributed by atoms with Crippen LogP contribution < -0.4 is 0 Å². The molecule has 0 amide bonds. The summed E-state index contributed by atoms with van der Waals surface area (Å²) in [5.74, 6) is -0.954. The van der Waals surface area contributed by atoms with Gasteiger partial charge in [0.15, 0.2) is 0 Å². The Balaban J connectivity index is 2.29. The van der Waals surface area contributed by atoms with E-state index in [0.717, 1.165) is 5.56 Å². The molecule has 0 aliphatic carbocycles. The molecule has 1 unspecified atom stereocenters. The van der Waals surface area contributed by atoms with Crippen LogP contribution >= 0.6 is 11.6 Å². The first-order valence-corrected chi connectivity index (χ1v) is 6.48.